The number of hydrogen-bond acceptors (Lipinski definition) is 2. The van der Waals surface area contributed by atoms with Gasteiger partial charge in [-0.1, -0.05) is 42.5 Å². The summed E-state index contributed by atoms with van der Waals surface area (Å²) in [5.41, 5.74) is 1.23. The number of piperidine rings is 1. The molecule has 1 atom stereocenters. The van der Waals surface area contributed by atoms with Crippen molar-refractivity contribution >= 4 is 16.7 Å². The van der Waals surface area contributed by atoms with E-state index in [1.807, 2.05) is 6.07 Å². The van der Waals surface area contributed by atoms with Crippen LogP contribution in [-0.2, 0) is 11.2 Å². The smallest absolute Gasteiger partial charge is 0.220 e. The van der Waals surface area contributed by atoms with E-state index in [1.54, 1.807) is 0 Å². The van der Waals surface area contributed by atoms with E-state index in [1.165, 1.54) is 16.3 Å². The van der Waals surface area contributed by atoms with Gasteiger partial charge in [-0.3, -0.25) is 4.79 Å². The Bertz CT molecular complexity index is 617. The molecule has 0 bridgehead atoms. The molecular weight excluding hydrogens is 260 g/mol. The van der Waals surface area contributed by atoms with Crippen molar-refractivity contribution in [1.29, 1.82) is 0 Å². The minimum atomic E-state index is 0.164. The predicted octanol–water partition coefficient (Wildman–Crippen LogP) is 2.64. The van der Waals surface area contributed by atoms with Crippen LogP contribution in [-0.4, -0.2) is 25.0 Å². The Kier molecular flexibility index (Phi) is 4.51. The lowest BCUT2D eigenvalue weighted by atomic mass is 10.0. The van der Waals surface area contributed by atoms with E-state index in [-0.39, 0.29) is 5.91 Å². The lowest BCUT2D eigenvalue weighted by molar-refractivity contribution is -0.121. The van der Waals surface area contributed by atoms with Crippen molar-refractivity contribution in [3.8, 4) is 0 Å². The lowest BCUT2D eigenvalue weighted by Crippen LogP contribution is -2.45. The zero-order valence-corrected chi connectivity index (χ0v) is 12.3. The van der Waals surface area contributed by atoms with E-state index >= 15 is 0 Å². The fourth-order valence-corrected chi connectivity index (χ4v) is 2.93. The first-order valence-electron chi connectivity index (χ1n) is 7.79. The molecule has 1 unspecified atom stereocenters. The summed E-state index contributed by atoms with van der Waals surface area (Å²) >= 11 is 0. The van der Waals surface area contributed by atoms with Crippen LogP contribution in [0.15, 0.2) is 42.5 Å². The van der Waals surface area contributed by atoms with Crippen LogP contribution in [0.2, 0.25) is 0 Å². The predicted molar refractivity (Wildman–Crippen MR) is 86.3 cm³/mol. The molecule has 0 spiro atoms. The number of aryl methyl sites for hydroxylation is 1. The van der Waals surface area contributed by atoms with E-state index in [2.05, 4.69) is 47.0 Å². The minimum Gasteiger partial charge on any atom is -0.352 e. The fraction of sp³-hybridized carbons (Fsp3) is 0.389. The van der Waals surface area contributed by atoms with Crippen LogP contribution < -0.4 is 10.6 Å². The summed E-state index contributed by atoms with van der Waals surface area (Å²) in [4.78, 5) is 12.0. The van der Waals surface area contributed by atoms with Crippen molar-refractivity contribution < 1.29 is 4.79 Å². The van der Waals surface area contributed by atoms with Gasteiger partial charge >= 0.3 is 0 Å². The van der Waals surface area contributed by atoms with Crippen LogP contribution in [0.1, 0.15) is 24.8 Å². The molecule has 1 heterocycles. The highest BCUT2D eigenvalue weighted by Crippen LogP contribution is 2.16. The molecule has 1 aliphatic rings. The van der Waals surface area contributed by atoms with Gasteiger partial charge < -0.3 is 10.6 Å². The van der Waals surface area contributed by atoms with Crippen LogP contribution in [0.5, 0.6) is 0 Å². The largest absolute Gasteiger partial charge is 0.352 e. The van der Waals surface area contributed by atoms with E-state index < -0.39 is 0 Å². The normalized spacial score (nSPS) is 18.6. The van der Waals surface area contributed by atoms with Gasteiger partial charge in [0, 0.05) is 19.0 Å². The van der Waals surface area contributed by atoms with E-state index in [9.17, 15) is 4.79 Å². The molecule has 1 aliphatic heterocycles. The van der Waals surface area contributed by atoms with E-state index in [0.717, 1.165) is 32.4 Å². The first-order chi connectivity index (χ1) is 10.3. The third kappa shape index (κ3) is 3.82. The molecule has 1 saturated heterocycles. The molecule has 3 rings (SSSR count). The summed E-state index contributed by atoms with van der Waals surface area (Å²) in [6, 6.07) is 15.1. The second kappa shape index (κ2) is 6.72. The number of benzene rings is 2. The number of amides is 1. The quantitative estimate of drug-likeness (QED) is 0.905. The summed E-state index contributed by atoms with van der Waals surface area (Å²) < 4.78 is 0. The van der Waals surface area contributed by atoms with Crippen molar-refractivity contribution in [2.45, 2.75) is 31.7 Å². The first kappa shape index (κ1) is 14.1. The molecule has 3 heteroatoms. The van der Waals surface area contributed by atoms with Gasteiger partial charge in [-0.25, -0.2) is 0 Å². The monoisotopic (exact) mass is 282 g/mol. The maximum Gasteiger partial charge on any atom is 0.220 e. The molecule has 2 aromatic rings. The lowest BCUT2D eigenvalue weighted by Gasteiger charge is -2.23. The number of carbonyl (C=O) groups excluding carboxylic acids is 1. The average Bonchev–Trinajstić information content (AvgIpc) is 2.54. The molecular formula is C18H22N2O. The van der Waals surface area contributed by atoms with Crippen molar-refractivity contribution in [2.24, 2.45) is 0 Å². The van der Waals surface area contributed by atoms with E-state index in [0.29, 0.717) is 12.5 Å². The van der Waals surface area contributed by atoms with Gasteiger partial charge in [-0.2, -0.15) is 0 Å². The number of hydrogen-bond donors (Lipinski definition) is 2. The molecule has 2 N–H and O–H groups in total. The second-order valence-electron chi connectivity index (χ2n) is 5.79. The van der Waals surface area contributed by atoms with Crippen LogP contribution in [0.25, 0.3) is 10.8 Å². The summed E-state index contributed by atoms with van der Waals surface area (Å²) in [6.45, 7) is 1.98. The van der Waals surface area contributed by atoms with Crippen LogP contribution in [0.4, 0.5) is 0 Å². The molecule has 110 valence electrons. The van der Waals surface area contributed by atoms with Crippen LogP contribution >= 0.6 is 0 Å². The highest BCUT2D eigenvalue weighted by Gasteiger charge is 2.14. The Hall–Kier alpha value is -1.87. The number of rotatable bonds is 4. The third-order valence-electron chi connectivity index (χ3n) is 4.12. The topological polar surface area (TPSA) is 41.1 Å². The minimum absolute atomic E-state index is 0.164. The average molecular weight is 282 g/mol. The van der Waals surface area contributed by atoms with E-state index in [4.69, 9.17) is 0 Å². The van der Waals surface area contributed by atoms with Gasteiger partial charge in [0.15, 0.2) is 0 Å². The Morgan fingerprint density at radius 2 is 2.05 bits per heavy atom. The van der Waals surface area contributed by atoms with Crippen molar-refractivity contribution in [2.75, 3.05) is 13.1 Å². The number of carbonyl (C=O) groups is 1. The molecule has 0 aromatic heterocycles. The molecule has 21 heavy (non-hydrogen) atoms. The molecule has 0 aliphatic carbocycles. The maximum atomic E-state index is 12.0. The standard InChI is InChI=1S/C18H22N2O/c21-18(20-17-6-3-11-19-13-17)10-8-14-7-9-15-4-1-2-5-16(15)12-14/h1-2,4-5,7,9,12,17,19H,3,6,8,10-11,13H2,(H,20,21). The van der Waals surface area contributed by atoms with Gasteiger partial charge in [-0.15, -0.1) is 0 Å². The summed E-state index contributed by atoms with van der Waals surface area (Å²) in [6.07, 6.45) is 3.61. The van der Waals surface area contributed by atoms with Gasteiger partial charge in [0.1, 0.15) is 0 Å². The summed E-state index contributed by atoms with van der Waals surface area (Å²) in [5, 5.41) is 8.94. The van der Waals surface area contributed by atoms with Crippen LogP contribution in [0.3, 0.4) is 0 Å². The zero-order valence-electron chi connectivity index (χ0n) is 12.3. The van der Waals surface area contributed by atoms with Crippen molar-refractivity contribution in [3.63, 3.8) is 0 Å². The molecule has 3 nitrogen and oxygen atoms in total. The molecule has 1 amide bonds. The Morgan fingerprint density at radius 3 is 2.86 bits per heavy atom. The second-order valence-corrected chi connectivity index (χ2v) is 5.79. The molecule has 0 saturated carbocycles. The third-order valence-corrected chi connectivity index (χ3v) is 4.12. The number of nitrogens with one attached hydrogen (secondary N) is 2. The van der Waals surface area contributed by atoms with Gasteiger partial charge in [0.25, 0.3) is 0 Å². The van der Waals surface area contributed by atoms with Gasteiger partial charge in [0.2, 0.25) is 5.91 Å². The highest BCUT2D eigenvalue weighted by atomic mass is 16.1. The Morgan fingerprint density at radius 1 is 1.19 bits per heavy atom. The van der Waals surface area contributed by atoms with Gasteiger partial charge in [0.05, 0.1) is 0 Å². The highest BCUT2D eigenvalue weighted by molar-refractivity contribution is 5.83. The van der Waals surface area contributed by atoms with Crippen LogP contribution in [0, 0.1) is 0 Å². The molecule has 2 aromatic carbocycles. The Balaban J connectivity index is 1.54. The SMILES string of the molecule is O=C(CCc1ccc2ccccc2c1)NC1CCCNC1. The maximum absolute atomic E-state index is 12.0. The first-order valence-corrected chi connectivity index (χ1v) is 7.79. The molecule has 1 fully saturated rings. The fourth-order valence-electron chi connectivity index (χ4n) is 2.93. The van der Waals surface area contributed by atoms with Gasteiger partial charge in [-0.05, 0) is 42.1 Å². The number of fused-ring (bicyclic) bond motifs is 1. The Labute approximate surface area is 125 Å². The zero-order chi connectivity index (χ0) is 14.5. The summed E-state index contributed by atoms with van der Waals surface area (Å²) in [7, 11) is 0. The van der Waals surface area contributed by atoms with Crippen molar-refractivity contribution in [1.82, 2.24) is 10.6 Å². The molecule has 0 radical (unpaired) electrons. The summed E-state index contributed by atoms with van der Waals surface area (Å²) in [5.74, 6) is 0.164. The van der Waals surface area contributed by atoms with Crippen molar-refractivity contribution in [3.05, 3.63) is 48.0 Å².